The van der Waals surface area contributed by atoms with Gasteiger partial charge in [-0.05, 0) is 20.5 Å². The number of ether oxygens (including phenoxy) is 3. The van der Waals surface area contributed by atoms with Gasteiger partial charge in [0.15, 0.2) is 12.7 Å². The van der Waals surface area contributed by atoms with Crippen molar-refractivity contribution in [3.8, 4) is 0 Å². The van der Waals surface area contributed by atoms with E-state index in [2.05, 4.69) is 56.0 Å². The molecule has 0 bridgehead atoms. The van der Waals surface area contributed by atoms with Crippen molar-refractivity contribution in [2.24, 2.45) is 0 Å². The molecule has 0 radical (unpaired) electrons. The van der Waals surface area contributed by atoms with E-state index >= 15 is 0 Å². The predicted octanol–water partition coefficient (Wildman–Crippen LogP) is 1.29. The van der Waals surface area contributed by atoms with Crippen molar-refractivity contribution in [1.82, 2.24) is 0 Å². The molecule has 0 spiro atoms. The molecule has 0 aromatic carbocycles. The average Bonchev–Trinajstić information content (AvgIpc) is 2.47. The van der Waals surface area contributed by atoms with E-state index in [1.54, 1.807) is 6.92 Å². The third kappa shape index (κ3) is 16.3. The summed E-state index contributed by atoms with van der Waals surface area (Å²) in [5.74, 6) is -2.25. The summed E-state index contributed by atoms with van der Waals surface area (Å²) in [4.78, 5) is 33.2. The molecule has 7 nitrogen and oxygen atoms in total. The van der Waals surface area contributed by atoms with E-state index in [9.17, 15) is 14.4 Å². The summed E-state index contributed by atoms with van der Waals surface area (Å²) in [5.41, 5.74) is 0.168. The van der Waals surface area contributed by atoms with Crippen molar-refractivity contribution < 1.29 is 48.1 Å². The summed E-state index contributed by atoms with van der Waals surface area (Å²) in [6, 6.07) is 0. The summed E-state index contributed by atoms with van der Waals surface area (Å²) in [6.45, 7) is 13.8. The molecule has 0 saturated carbocycles. The molecule has 0 aliphatic carbocycles. The van der Waals surface area contributed by atoms with Crippen LogP contribution in [0.1, 0.15) is 20.8 Å². The Hall–Kier alpha value is -1.80. The number of hydrogen-bond acceptors (Lipinski definition) is 7. The molecule has 1 unspecified atom stereocenters. The number of hydrogen-bond donors (Lipinski definition) is 0. The van der Waals surface area contributed by atoms with Gasteiger partial charge in [-0.15, -0.1) is 0 Å². The zero-order valence-corrected chi connectivity index (χ0v) is 13.8. The topological polar surface area (TPSA) is 96.0 Å². The van der Waals surface area contributed by atoms with Crippen molar-refractivity contribution in [2.75, 3.05) is 13.2 Å². The first-order valence-corrected chi connectivity index (χ1v) is 6.28. The number of carbonyl (C=O) groups excluding carboxylic acids is 3. The van der Waals surface area contributed by atoms with Crippen LogP contribution in [0, 0.1) is 13.0 Å². The first-order chi connectivity index (χ1) is 10.3. The Labute approximate surface area is 138 Å². The molecule has 0 aliphatic rings. The van der Waals surface area contributed by atoms with Crippen LogP contribution < -0.4 is 0 Å². The van der Waals surface area contributed by atoms with Gasteiger partial charge < -0.3 is 27.2 Å². The zero-order valence-electron chi connectivity index (χ0n) is 12.8. The Morgan fingerprint density at radius 2 is 1.73 bits per heavy atom. The van der Waals surface area contributed by atoms with E-state index in [-0.39, 0.29) is 12.2 Å². The van der Waals surface area contributed by atoms with Crippen LogP contribution in [-0.4, -0.2) is 37.2 Å². The van der Waals surface area contributed by atoms with Gasteiger partial charge in [-0.1, -0.05) is 6.58 Å². The van der Waals surface area contributed by atoms with Gasteiger partial charge in [0.05, 0.1) is 0 Å². The fraction of sp³-hybridized carbons (Fsp3) is 0.429. The van der Waals surface area contributed by atoms with Gasteiger partial charge in [0.1, 0.15) is 0 Å². The quantitative estimate of drug-likeness (QED) is 0.305. The maximum atomic E-state index is 11.3. The third-order valence-corrected chi connectivity index (χ3v) is 1.56. The standard InChI is InChI=1S/C11H15O6.C3H5.Co.O/c1-5-15-9(12)6-16-11(14)8(4)17-10(13)7(2)3;1-3-2;;/h8H,1-2,5-6H2,3-4H3;1H2,2H3;;/q2*-1;;. The maximum absolute atomic E-state index is 11.3. The predicted molar refractivity (Wildman–Crippen MR) is 72.9 cm³/mol. The van der Waals surface area contributed by atoms with Gasteiger partial charge in [-0.2, -0.15) is 6.92 Å². The summed E-state index contributed by atoms with van der Waals surface area (Å²) in [7, 11) is 0. The Kier molecular flexibility index (Phi) is 19.7. The van der Waals surface area contributed by atoms with E-state index in [4.69, 9.17) is 3.87 Å². The minimum atomic E-state index is -1.10. The fourth-order valence-corrected chi connectivity index (χ4v) is 0.712. The molecule has 22 heavy (non-hydrogen) atoms. The first kappa shape index (κ1) is 25.2. The molecule has 0 saturated heterocycles. The molecule has 0 fully saturated rings. The molecule has 0 rings (SSSR count). The molecule has 0 aliphatic heterocycles. The average molecular weight is 359 g/mol. The molecule has 0 aromatic rings. The molecule has 0 amide bonds. The monoisotopic (exact) mass is 359 g/mol. The van der Waals surface area contributed by atoms with Crippen LogP contribution in [0.4, 0.5) is 0 Å². The van der Waals surface area contributed by atoms with Crippen LogP contribution in [-0.2, 0) is 48.1 Å². The van der Waals surface area contributed by atoms with Crippen LogP contribution >= 0.6 is 0 Å². The third-order valence-electron chi connectivity index (χ3n) is 1.56. The van der Waals surface area contributed by atoms with Crippen molar-refractivity contribution in [3.63, 3.8) is 0 Å². The molecule has 0 heterocycles. The zero-order chi connectivity index (χ0) is 18.1. The number of esters is 3. The van der Waals surface area contributed by atoms with Gasteiger partial charge in [0, 0.05) is 5.57 Å². The first-order valence-electron chi connectivity index (χ1n) is 5.85. The SMILES string of the molecule is C=C(C)C(=O)OC(C)C(=O)OCC(=O)OC[CH2-].C=[C-]C.[O]=[Co]. The Balaban J connectivity index is -0.000000637. The Bertz CT molecular complexity index is 379. The molecule has 0 aromatic heterocycles. The van der Waals surface area contributed by atoms with Crippen LogP contribution in [0.3, 0.4) is 0 Å². The molecule has 0 N–H and O–H groups in total. The minimum absolute atomic E-state index is 0.0451. The number of carbonyl (C=O) groups is 3. The molecule has 129 valence electrons. The number of rotatable bonds is 6. The fourth-order valence-electron chi connectivity index (χ4n) is 0.712. The molecular weight excluding hydrogens is 339 g/mol. The van der Waals surface area contributed by atoms with Crippen LogP contribution in [0.2, 0.25) is 0 Å². The van der Waals surface area contributed by atoms with E-state index in [0.29, 0.717) is 0 Å². The van der Waals surface area contributed by atoms with Gasteiger partial charge in [-0.25, -0.2) is 14.4 Å². The molecule has 8 heteroatoms. The summed E-state index contributed by atoms with van der Waals surface area (Å²) >= 11 is 2.31. The summed E-state index contributed by atoms with van der Waals surface area (Å²) < 4.78 is 21.6. The van der Waals surface area contributed by atoms with Crippen LogP contribution in [0.5, 0.6) is 0 Å². The van der Waals surface area contributed by atoms with Crippen LogP contribution in [0.15, 0.2) is 18.7 Å². The van der Waals surface area contributed by atoms with Crippen molar-refractivity contribution in [3.05, 3.63) is 31.7 Å². The van der Waals surface area contributed by atoms with E-state index < -0.39 is 30.6 Å². The normalized spacial score (nSPS) is 9.50. The van der Waals surface area contributed by atoms with E-state index in [1.165, 1.54) is 13.8 Å². The van der Waals surface area contributed by atoms with E-state index in [1.807, 2.05) is 0 Å². The Morgan fingerprint density at radius 1 is 1.27 bits per heavy atom. The van der Waals surface area contributed by atoms with Crippen molar-refractivity contribution in [2.45, 2.75) is 26.9 Å². The second-order valence-electron chi connectivity index (χ2n) is 3.51. The van der Waals surface area contributed by atoms with Gasteiger partial charge >= 0.3 is 37.4 Å². The molecular formula is C14H20CoO7-2. The van der Waals surface area contributed by atoms with Crippen molar-refractivity contribution in [1.29, 1.82) is 0 Å². The van der Waals surface area contributed by atoms with Gasteiger partial charge in [0.25, 0.3) is 0 Å². The van der Waals surface area contributed by atoms with Crippen molar-refractivity contribution >= 4 is 17.9 Å². The Morgan fingerprint density at radius 3 is 2.09 bits per heavy atom. The van der Waals surface area contributed by atoms with Crippen LogP contribution in [0.25, 0.3) is 0 Å². The second kappa shape index (κ2) is 17.2. The van der Waals surface area contributed by atoms with E-state index in [0.717, 1.165) is 0 Å². The van der Waals surface area contributed by atoms with Gasteiger partial charge in [0.2, 0.25) is 0 Å². The summed E-state index contributed by atoms with van der Waals surface area (Å²) in [5, 5.41) is 0. The van der Waals surface area contributed by atoms with Gasteiger partial charge in [-0.3, -0.25) is 6.58 Å². The molecule has 1 atom stereocenters. The number of allylic oxidation sites excluding steroid dienone is 1. The second-order valence-corrected chi connectivity index (χ2v) is 3.51. The summed E-state index contributed by atoms with van der Waals surface area (Å²) in [6.07, 6.45) is 1.40.